The van der Waals surface area contributed by atoms with Crippen molar-refractivity contribution in [2.24, 2.45) is 17.3 Å². The SMILES string of the molecule is Cc1ccccc1C(=O)N1CCN(CCN(CC2=CCC3CC2C3(C)C)C(=O)Nc2cccc(Cl)c2)CC1. The number of amides is 3. The van der Waals surface area contributed by atoms with Crippen LogP contribution in [-0.4, -0.2) is 72.5 Å². The highest BCUT2D eigenvalue weighted by atomic mass is 35.5. The molecule has 2 aromatic carbocycles. The van der Waals surface area contributed by atoms with Crippen LogP contribution in [0.3, 0.4) is 0 Å². The van der Waals surface area contributed by atoms with Crippen molar-refractivity contribution in [3.05, 3.63) is 76.3 Å². The lowest BCUT2D eigenvalue weighted by Gasteiger charge is -2.57. The van der Waals surface area contributed by atoms with E-state index in [1.54, 1.807) is 12.1 Å². The fourth-order valence-electron chi connectivity index (χ4n) is 6.32. The smallest absolute Gasteiger partial charge is 0.322 e. The highest BCUT2D eigenvalue weighted by Gasteiger charge is 2.51. The van der Waals surface area contributed by atoms with Crippen molar-refractivity contribution in [1.29, 1.82) is 0 Å². The number of fused-ring (bicyclic) bond motifs is 1. The summed E-state index contributed by atoms with van der Waals surface area (Å²) in [6, 6.07) is 15.0. The van der Waals surface area contributed by atoms with Gasteiger partial charge in [-0.2, -0.15) is 0 Å². The first-order valence-electron chi connectivity index (χ1n) is 13.8. The van der Waals surface area contributed by atoms with Gasteiger partial charge in [0.05, 0.1) is 0 Å². The van der Waals surface area contributed by atoms with Crippen LogP contribution >= 0.6 is 11.6 Å². The summed E-state index contributed by atoms with van der Waals surface area (Å²) in [4.78, 5) is 32.7. The van der Waals surface area contributed by atoms with E-state index in [4.69, 9.17) is 11.6 Å². The quantitative estimate of drug-likeness (QED) is 0.448. The van der Waals surface area contributed by atoms with E-state index in [2.05, 4.69) is 30.1 Å². The van der Waals surface area contributed by atoms with E-state index in [-0.39, 0.29) is 11.9 Å². The number of carbonyl (C=O) groups excluding carboxylic acids is 2. The Bertz CT molecular complexity index is 1220. The molecule has 2 fully saturated rings. The normalized spacial score (nSPS) is 22.3. The van der Waals surface area contributed by atoms with Gasteiger partial charge < -0.3 is 15.1 Å². The van der Waals surface area contributed by atoms with Crippen LogP contribution in [0.15, 0.2) is 60.2 Å². The van der Waals surface area contributed by atoms with Crippen LogP contribution in [-0.2, 0) is 0 Å². The van der Waals surface area contributed by atoms with Crippen LogP contribution in [0.2, 0.25) is 5.02 Å². The number of hydrogen-bond donors (Lipinski definition) is 1. The first-order chi connectivity index (χ1) is 18.2. The van der Waals surface area contributed by atoms with Crippen LogP contribution in [0.25, 0.3) is 0 Å². The summed E-state index contributed by atoms with van der Waals surface area (Å²) >= 11 is 6.16. The zero-order valence-electron chi connectivity index (χ0n) is 22.8. The lowest BCUT2D eigenvalue weighted by atomic mass is 9.49. The zero-order valence-corrected chi connectivity index (χ0v) is 23.5. The Hall–Kier alpha value is -2.83. The second kappa shape index (κ2) is 11.1. The Balaban J connectivity index is 1.21. The van der Waals surface area contributed by atoms with Crippen molar-refractivity contribution in [3.8, 4) is 0 Å². The second-order valence-corrected chi connectivity index (χ2v) is 12.1. The maximum absolute atomic E-state index is 13.5. The molecule has 3 aliphatic carbocycles. The van der Waals surface area contributed by atoms with Crippen molar-refractivity contribution >= 4 is 29.2 Å². The minimum atomic E-state index is -0.0965. The van der Waals surface area contributed by atoms with E-state index in [9.17, 15) is 9.59 Å². The standard InChI is InChI=1S/C31H39ClN4O2/c1-22-7-4-5-10-27(22)29(37)35-16-13-34(14-17-35)15-18-36(30(38)33-26-9-6-8-25(32)20-26)21-23-11-12-24-19-28(23)31(24,2)3/h4-11,20,24,28H,12-19,21H2,1-3H3,(H,33,38). The molecule has 0 aromatic heterocycles. The summed E-state index contributed by atoms with van der Waals surface area (Å²) < 4.78 is 0. The summed E-state index contributed by atoms with van der Waals surface area (Å²) in [5, 5.41) is 3.66. The number of urea groups is 1. The Morgan fingerprint density at radius 1 is 1.08 bits per heavy atom. The number of carbonyl (C=O) groups is 2. The largest absolute Gasteiger partial charge is 0.336 e. The van der Waals surface area contributed by atoms with Gasteiger partial charge in [-0.05, 0) is 66.8 Å². The molecule has 7 heteroatoms. The molecule has 2 atom stereocenters. The third-order valence-corrected chi connectivity index (χ3v) is 9.28. The third-order valence-electron chi connectivity index (χ3n) is 9.04. The average molecular weight is 535 g/mol. The predicted molar refractivity (Wildman–Crippen MR) is 154 cm³/mol. The minimum Gasteiger partial charge on any atom is -0.336 e. The van der Waals surface area contributed by atoms with Gasteiger partial charge in [-0.15, -0.1) is 0 Å². The van der Waals surface area contributed by atoms with Crippen molar-refractivity contribution in [2.45, 2.75) is 33.6 Å². The molecule has 4 aliphatic rings. The number of allylic oxidation sites excluding steroid dienone is 1. The van der Waals surface area contributed by atoms with Crippen molar-refractivity contribution in [2.75, 3.05) is 51.1 Å². The molecule has 1 saturated carbocycles. The first-order valence-corrected chi connectivity index (χ1v) is 14.2. The summed E-state index contributed by atoms with van der Waals surface area (Å²) in [7, 11) is 0. The van der Waals surface area contributed by atoms with Gasteiger partial charge in [-0.25, -0.2) is 4.79 Å². The van der Waals surface area contributed by atoms with E-state index < -0.39 is 0 Å². The number of rotatable bonds is 7. The highest BCUT2D eigenvalue weighted by Crippen LogP contribution is 2.59. The first kappa shape index (κ1) is 26.8. The molecule has 3 amide bonds. The number of hydrogen-bond acceptors (Lipinski definition) is 3. The van der Waals surface area contributed by atoms with Crippen molar-refractivity contribution < 1.29 is 9.59 Å². The second-order valence-electron chi connectivity index (χ2n) is 11.6. The molecule has 0 radical (unpaired) electrons. The third kappa shape index (κ3) is 5.62. The summed E-state index contributed by atoms with van der Waals surface area (Å²) in [6.07, 6.45) is 4.72. The lowest BCUT2D eigenvalue weighted by Crippen LogP contribution is -2.52. The van der Waals surface area contributed by atoms with E-state index >= 15 is 0 Å². The van der Waals surface area contributed by atoms with Crippen LogP contribution in [0.1, 0.15) is 42.6 Å². The number of anilines is 1. The van der Waals surface area contributed by atoms with E-state index in [1.165, 1.54) is 12.0 Å². The van der Waals surface area contributed by atoms with Crippen molar-refractivity contribution in [3.63, 3.8) is 0 Å². The average Bonchev–Trinajstić information content (AvgIpc) is 2.91. The Morgan fingerprint density at radius 2 is 1.84 bits per heavy atom. The number of nitrogens with one attached hydrogen (secondary N) is 1. The van der Waals surface area contributed by atoms with E-state index in [0.29, 0.717) is 48.2 Å². The summed E-state index contributed by atoms with van der Waals surface area (Å²) in [6.45, 7) is 11.8. The molecular formula is C31H39ClN4O2. The lowest BCUT2D eigenvalue weighted by molar-refractivity contribution is -0.00970. The van der Waals surface area contributed by atoms with E-state index in [1.807, 2.05) is 53.1 Å². The number of nitrogens with zero attached hydrogens (tertiary/aromatic N) is 3. The molecule has 2 bridgehead atoms. The molecule has 202 valence electrons. The fraction of sp³-hybridized carbons (Fsp3) is 0.484. The summed E-state index contributed by atoms with van der Waals surface area (Å²) in [5.74, 6) is 1.43. The molecule has 1 saturated heterocycles. The Morgan fingerprint density at radius 3 is 2.53 bits per heavy atom. The summed E-state index contributed by atoms with van der Waals surface area (Å²) in [5.41, 5.74) is 4.22. The molecule has 1 heterocycles. The molecule has 0 spiro atoms. The molecule has 2 aromatic rings. The van der Waals surface area contributed by atoms with Gasteiger partial charge in [0, 0.05) is 62.1 Å². The van der Waals surface area contributed by atoms with Crippen LogP contribution < -0.4 is 5.32 Å². The monoisotopic (exact) mass is 534 g/mol. The zero-order chi connectivity index (χ0) is 26.9. The maximum atomic E-state index is 13.5. The molecule has 6 rings (SSSR count). The molecule has 2 unspecified atom stereocenters. The fourth-order valence-corrected chi connectivity index (χ4v) is 6.51. The van der Waals surface area contributed by atoms with Crippen molar-refractivity contribution in [1.82, 2.24) is 14.7 Å². The topological polar surface area (TPSA) is 55.9 Å². The van der Waals surface area contributed by atoms with Crippen LogP contribution in [0.4, 0.5) is 10.5 Å². The Labute approximate surface area is 231 Å². The molecule has 38 heavy (non-hydrogen) atoms. The maximum Gasteiger partial charge on any atom is 0.322 e. The minimum absolute atomic E-state index is 0.0965. The van der Waals surface area contributed by atoms with Gasteiger partial charge in [0.2, 0.25) is 0 Å². The molecule has 1 aliphatic heterocycles. The van der Waals surface area contributed by atoms with Gasteiger partial charge in [-0.3, -0.25) is 9.69 Å². The highest BCUT2D eigenvalue weighted by molar-refractivity contribution is 6.30. The number of piperazine rings is 1. The number of halogens is 1. The number of aryl methyl sites for hydroxylation is 1. The van der Waals surface area contributed by atoms with Gasteiger partial charge in [0.25, 0.3) is 5.91 Å². The van der Waals surface area contributed by atoms with E-state index in [0.717, 1.165) is 43.1 Å². The Kier molecular flexibility index (Phi) is 7.83. The van der Waals surface area contributed by atoms with Gasteiger partial charge in [-0.1, -0.05) is 61.4 Å². The van der Waals surface area contributed by atoms with Crippen LogP contribution in [0, 0.1) is 24.2 Å². The molecule has 1 N–H and O–H groups in total. The van der Waals surface area contributed by atoms with Gasteiger partial charge in [0.15, 0.2) is 0 Å². The van der Waals surface area contributed by atoms with Crippen LogP contribution in [0.5, 0.6) is 0 Å². The van der Waals surface area contributed by atoms with Gasteiger partial charge >= 0.3 is 6.03 Å². The molecule has 6 nitrogen and oxygen atoms in total. The molecular weight excluding hydrogens is 496 g/mol. The predicted octanol–water partition coefficient (Wildman–Crippen LogP) is 5.93. The van der Waals surface area contributed by atoms with Gasteiger partial charge in [0.1, 0.15) is 0 Å². The number of benzene rings is 2.